The molecule has 0 bridgehead atoms. The van der Waals surface area contributed by atoms with Crippen LogP contribution in [0, 0.1) is 11.6 Å². The molecule has 2 N–H and O–H groups in total. The van der Waals surface area contributed by atoms with Crippen molar-refractivity contribution in [3.8, 4) is 0 Å². The SMILES string of the molecule is O=C(NCc1ccn2ccnc2c1)c1ccc(NC(=O)c2ccc(F)c(F)c2)cc1. The number of aromatic nitrogens is 2. The number of pyridine rings is 1. The van der Waals surface area contributed by atoms with E-state index in [2.05, 4.69) is 15.6 Å². The van der Waals surface area contributed by atoms with E-state index in [-0.39, 0.29) is 11.5 Å². The smallest absolute Gasteiger partial charge is 0.255 e. The second kappa shape index (κ2) is 8.12. The number of halogens is 2. The lowest BCUT2D eigenvalue weighted by Gasteiger charge is -2.08. The van der Waals surface area contributed by atoms with Crippen LogP contribution in [0.2, 0.25) is 0 Å². The van der Waals surface area contributed by atoms with Crippen LogP contribution in [0.4, 0.5) is 14.5 Å². The molecule has 4 aromatic rings. The summed E-state index contributed by atoms with van der Waals surface area (Å²) in [5.74, 6) is -2.97. The Hall–Kier alpha value is -4.07. The lowest BCUT2D eigenvalue weighted by atomic mass is 10.1. The van der Waals surface area contributed by atoms with Crippen molar-refractivity contribution in [1.82, 2.24) is 14.7 Å². The first-order valence-electron chi connectivity index (χ1n) is 9.06. The average molecular weight is 406 g/mol. The van der Waals surface area contributed by atoms with Crippen LogP contribution < -0.4 is 10.6 Å². The fourth-order valence-corrected chi connectivity index (χ4v) is 2.89. The summed E-state index contributed by atoms with van der Waals surface area (Å²) in [6.45, 7) is 0.344. The normalized spacial score (nSPS) is 10.7. The summed E-state index contributed by atoms with van der Waals surface area (Å²) in [6, 6.07) is 12.9. The van der Waals surface area contributed by atoms with Gasteiger partial charge in [0.2, 0.25) is 0 Å². The first kappa shape index (κ1) is 19.3. The van der Waals surface area contributed by atoms with E-state index in [1.165, 1.54) is 6.07 Å². The number of rotatable bonds is 5. The highest BCUT2D eigenvalue weighted by atomic mass is 19.2. The molecule has 30 heavy (non-hydrogen) atoms. The maximum Gasteiger partial charge on any atom is 0.255 e. The Kier molecular flexibility index (Phi) is 5.21. The van der Waals surface area contributed by atoms with Gasteiger partial charge in [0, 0.05) is 41.9 Å². The topological polar surface area (TPSA) is 75.5 Å². The van der Waals surface area contributed by atoms with Crippen LogP contribution >= 0.6 is 0 Å². The van der Waals surface area contributed by atoms with E-state index in [1.54, 1.807) is 30.5 Å². The van der Waals surface area contributed by atoms with E-state index < -0.39 is 17.5 Å². The number of carbonyl (C=O) groups is 2. The third-order valence-electron chi connectivity index (χ3n) is 4.50. The molecule has 0 saturated carbocycles. The van der Waals surface area contributed by atoms with Gasteiger partial charge in [-0.15, -0.1) is 0 Å². The largest absolute Gasteiger partial charge is 0.348 e. The molecule has 0 atom stereocenters. The van der Waals surface area contributed by atoms with E-state index in [0.717, 1.165) is 23.3 Å². The van der Waals surface area contributed by atoms with Crippen LogP contribution in [0.1, 0.15) is 26.3 Å². The molecular formula is C22H16F2N4O2. The van der Waals surface area contributed by atoms with Gasteiger partial charge >= 0.3 is 0 Å². The third kappa shape index (κ3) is 4.17. The Morgan fingerprint density at radius 3 is 2.40 bits per heavy atom. The molecule has 2 aromatic carbocycles. The number of fused-ring (bicyclic) bond motifs is 1. The van der Waals surface area contributed by atoms with Gasteiger partial charge in [0.25, 0.3) is 11.8 Å². The quantitative estimate of drug-likeness (QED) is 0.530. The van der Waals surface area contributed by atoms with Gasteiger partial charge in [-0.2, -0.15) is 0 Å². The molecule has 0 radical (unpaired) electrons. The van der Waals surface area contributed by atoms with Gasteiger partial charge in [-0.05, 0) is 60.2 Å². The Labute approximate surface area is 170 Å². The van der Waals surface area contributed by atoms with Crippen LogP contribution in [0.15, 0.2) is 73.2 Å². The first-order chi connectivity index (χ1) is 14.5. The van der Waals surface area contributed by atoms with Crippen molar-refractivity contribution in [1.29, 1.82) is 0 Å². The van der Waals surface area contributed by atoms with Crippen molar-refractivity contribution in [2.24, 2.45) is 0 Å². The maximum atomic E-state index is 13.3. The molecule has 0 unspecified atom stereocenters. The molecule has 2 aromatic heterocycles. The van der Waals surface area contributed by atoms with Crippen molar-refractivity contribution < 1.29 is 18.4 Å². The molecular weight excluding hydrogens is 390 g/mol. The van der Waals surface area contributed by atoms with Crippen molar-refractivity contribution in [2.45, 2.75) is 6.54 Å². The minimum Gasteiger partial charge on any atom is -0.348 e. The van der Waals surface area contributed by atoms with E-state index in [9.17, 15) is 18.4 Å². The zero-order valence-corrected chi connectivity index (χ0v) is 15.6. The molecule has 4 rings (SSSR count). The molecule has 0 aliphatic rings. The molecule has 2 heterocycles. The lowest BCUT2D eigenvalue weighted by molar-refractivity contribution is 0.0950. The van der Waals surface area contributed by atoms with Gasteiger partial charge in [0.1, 0.15) is 5.65 Å². The zero-order valence-electron chi connectivity index (χ0n) is 15.6. The standard InChI is InChI=1S/C22H16F2N4O2/c23-18-6-3-16(12-19(18)24)22(30)27-17-4-1-15(2-5-17)21(29)26-13-14-7-9-28-10-8-25-20(28)11-14/h1-12H,13H2,(H,26,29)(H,27,30). The molecule has 150 valence electrons. The number of nitrogens with one attached hydrogen (secondary N) is 2. The number of nitrogens with zero attached hydrogens (tertiary/aromatic N) is 2. The van der Waals surface area contributed by atoms with E-state index in [1.807, 2.05) is 28.9 Å². The first-order valence-corrected chi connectivity index (χ1v) is 9.06. The maximum absolute atomic E-state index is 13.3. The van der Waals surface area contributed by atoms with E-state index >= 15 is 0 Å². The summed E-state index contributed by atoms with van der Waals surface area (Å²) in [4.78, 5) is 28.7. The number of hydrogen-bond acceptors (Lipinski definition) is 3. The van der Waals surface area contributed by atoms with Crippen LogP contribution in [0.25, 0.3) is 5.65 Å². The highest BCUT2D eigenvalue weighted by Crippen LogP contribution is 2.14. The monoisotopic (exact) mass is 406 g/mol. The molecule has 0 aliphatic carbocycles. The second-order valence-electron chi connectivity index (χ2n) is 6.57. The summed E-state index contributed by atoms with van der Waals surface area (Å²) < 4.78 is 28.1. The van der Waals surface area contributed by atoms with E-state index in [0.29, 0.717) is 17.8 Å². The fourth-order valence-electron chi connectivity index (χ4n) is 2.89. The molecule has 6 nitrogen and oxygen atoms in total. The molecule has 2 amide bonds. The summed E-state index contributed by atoms with van der Waals surface area (Å²) in [5, 5.41) is 5.40. The average Bonchev–Trinajstić information content (AvgIpc) is 3.22. The van der Waals surface area contributed by atoms with Gasteiger partial charge in [0.05, 0.1) is 0 Å². The molecule has 0 saturated heterocycles. The minimum absolute atomic E-state index is 0.00911. The van der Waals surface area contributed by atoms with Crippen LogP contribution in [0.5, 0.6) is 0 Å². The summed E-state index contributed by atoms with van der Waals surface area (Å²) in [7, 11) is 0. The highest BCUT2D eigenvalue weighted by molar-refractivity contribution is 6.04. The Morgan fingerprint density at radius 1 is 0.867 bits per heavy atom. The second-order valence-corrected chi connectivity index (χ2v) is 6.57. The Morgan fingerprint density at radius 2 is 1.63 bits per heavy atom. The lowest BCUT2D eigenvalue weighted by Crippen LogP contribution is -2.22. The van der Waals surface area contributed by atoms with Gasteiger partial charge in [-0.3, -0.25) is 9.59 Å². The van der Waals surface area contributed by atoms with Gasteiger partial charge in [-0.25, -0.2) is 13.8 Å². The van der Waals surface area contributed by atoms with Crippen molar-refractivity contribution >= 4 is 23.1 Å². The summed E-state index contributed by atoms with van der Waals surface area (Å²) in [5.41, 5.74) is 2.54. The predicted octanol–water partition coefficient (Wildman–Crippen LogP) is 3.79. The van der Waals surface area contributed by atoms with E-state index in [4.69, 9.17) is 0 Å². The number of imidazole rings is 1. The van der Waals surface area contributed by atoms with Crippen LogP contribution in [-0.4, -0.2) is 21.2 Å². The fraction of sp³-hybridized carbons (Fsp3) is 0.0455. The Bertz CT molecular complexity index is 1240. The molecule has 0 spiro atoms. The Balaban J connectivity index is 1.36. The van der Waals surface area contributed by atoms with Crippen LogP contribution in [0.3, 0.4) is 0 Å². The number of amides is 2. The van der Waals surface area contributed by atoms with Crippen molar-refractivity contribution in [2.75, 3.05) is 5.32 Å². The van der Waals surface area contributed by atoms with Gasteiger partial charge < -0.3 is 15.0 Å². The predicted molar refractivity (Wildman–Crippen MR) is 107 cm³/mol. The zero-order chi connectivity index (χ0) is 21.1. The molecule has 8 heteroatoms. The molecule has 0 fully saturated rings. The number of hydrogen-bond donors (Lipinski definition) is 2. The minimum atomic E-state index is -1.10. The van der Waals surface area contributed by atoms with Gasteiger partial charge in [-0.1, -0.05) is 0 Å². The van der Waals surface area contributed by atoms with Gasteiger partial charge in [0.15, 0.2) is 11.6 Å². The van der Waals surface area contributed by atoms with Crippen molar-refractivity contribution in [3.05, 3.63) is 102 Å². The number of carbonyl (C=O) groups excluding carboxylic acids is 2. The highest BCUT2D eigenvalue weighted by Gasteiger charge is 2.11. The van der Waals surface area contributed by atoms with Crippen molar-refractivity contribution in [3.63, 3.8) is 0 Å². The summed E-state index contributed by atoms with van der Waals surface area (Å²) in [6.07, 6.45) is 5.41. The third-order valence-corrected chi connectivity index (χ3v) is 4.50. The molecule has 0 aliphatic heterocycles. The summed E-state index contributed by atoms with van der Waals surface area (Å²) >= 11 is 0. The number of benzene rings is 2. The number of anilines is 1. The van der Waals surface area contributed by atoms with Crippen LogP contribution in [-0.2, 0) is 6.54 Å².